The van der Waals surface area contributed by atoms with Crippen molar-refractivity contribution in [1.82, 2.24) is 4.90 Å². The molecule has 1 aromatic carbocycles. The van der Waals surface area contributed by atoms with Crippen LogP contribution in [0, 0.1) is 0 Å². The van der Waals surface area contributed by atoms with Crippen LogP contribution in [0.4, 0.5) is 4.79 Å². The van der Waals surface area contributed by atoms with E-state index in [4.69, 9.17) is 18.1 Å². The predicted octanol–water partition coefficient (Wildman–Crippen LogP) is 5.24. The summed E-state index contributed by atoms with van der Waals surface area (Å²) in [6.07, 6.45) is 1.60. The van der Waals surface area contributed by atoms with Gasteiger partial charge in [-0.1, -0.05) is 63.3 Å². The van der Waals surface area contributed by atoms with Crippen LogP contribution in [-0.4, -0.2) is 65.1 Å². The summed E-state index contributed by atoms with van der Waals surface area (Å²) in [5.41, 5.74) is 0.107. The normalized spacial score (nSPS) is 20.9. The van der Waals surface area contributed by atoms with Crippen molar-refractivity contribution in [3.63, 3.8) is 0 Å². The first-order valence-electron chi connectivity index (χ1n) is 11.8. The molecule has 10 heteroatoms. The molecule has 0 saturated carbocycles. The molecule has 0 unspecified atom stereocenters. The fourth-order valence-corrected chi connectivity index (χ4v) is 4.81. The van der Waals surface area contributed by atoms with Crippen molar-refractivity contribution < 1.29 is 31.3 Å². The molecule has 1 saturated heterocycles. The van der Waals surface area contributed by atoms with Crippen molar-refractivity contribution >= 4 is 24.5 Å². The number of rotatable bonds is 8. The fraction of sp³-hybridized carbons (Fsp3) is 0.640. The average molecular weight is 528 g/mol. The molecule has 1 aliphatic rings. The van der Waals surface area contributed by atoms with E-state index in [1.54, 1.807) is 32.9 Å². The maximum Gasteiger partial charge on any atom is 0.413 e. The Morgan fingerprint density at radius 3 is 2.29 bits per heavy atom. The van der Waals surface area contributed by atoms with Crippen LogP contribution in [-0.2, 0) is 28.2 Å². The maximum absolute atomic E-state index is 13.3. The van der Waals surface area contributed by atoms with E-state index in [2.05, 4.69) is 33.9 Å². The zero-order valence-electron chi connectivity index (χ0n) is 22.4. The van der Waals surface area contributed by atoms with Crippen LogP contribution in [0.3, 0.4) is 0 Å². The second-order valence-electron chi connectivity index (χ2n) is 11.3. The first kappa shape index (κ1) is 29.5. The van der Waals surface area contributed by atoms with Crippen LogP contribution in [0.15, 0.2) is 42.5 Å². The van der Waals surface area contributed by atoms with Crippen molar-refractivity contribution in [2.75, 3.05) is 19.5 Å². The summed E-state index contributed by atoms with van der Waals surface area (Å²) in [7, 11) is -5.85. The minimum Gasteiger partial charge on any atom is -0.444 e. The summed E-state index contributed by atoms with van der Waals surface area (Å²) in [4.78, 5) is 14.7. The molecular formula is C25H41NO7SSi. The van der Waals surface area contributed by atoms with Crippen LogP contribution < -0.4 is 0 Å². The van der Waals surface area contributed by atoms with E-state index in [9.17, 15) is 13.2 Å². The summed E-state index contributed by atoms with van der Waals surface area (Å²) in [5, 5.41) is 0.0362. The van der Waals surface area contributed by atoms with Gasteiger partial charge in [0.15, 0.2) is 14.5 Å². The standard InChI is InChI=1S/C25H41NO7SSi/c1-24(2,3)32-23(27)26-20(19-14-11-10-12-15-19)18-30-22(26)21(33-34(7,28)29)16-13-17-31-35(8,9)25(4,5)6/h10-16,20-22H,17-18H2,1-9H3/b16-13+/t20-,21-,22+/m0/s1. The highest BCUT2D eigenvalue weighted by Gasteiger charge is 2.45. The van der Waals surface area contributed by atoms with Gasteiger partial charge in [-0.2, -0.15) is 8.42 Å². The Bertz CT molecular complexity index is 981. The number of carbonyl (C=O) groups is 1. The van der Waals surface area contributed by atoms with Crippen LogP contribution in [0.25, 0.3) is 0 Å². The topological polar surface area (TPSA) is 91.4 Å². The summed E-state index contributed by atoms with van der Waals surface area (Å²) < 4.78 is 47.4. The molecule has 0 bridgehead atoms. The molecule has 0 radical (unpaired) electrons. The molecule has 8 nitrogen and oxygen atoms in total. The molecule has 198 valence electrons. The van der Waals surface area contributed by atoms with Gasteiger partial charge in [-0.3, -0.25) is 9.08 Å². The number of hydrogen-bond donors (Lipinski definition) is 0. The lowest BCUT2D eigenvalue weighted by atomic mass is 10.1. The van der Waals surface area contributed by atoms with E-state index in [0.29, 0.717) is 6.61 Å². The summed E-state index contributed by atoms with van der Waals surface area (Å²) in [5.74, 6) is 0. The number of nitrogens with zero attached hydrogens (tertiary/aromatic N) is 1. The number of hydrogen-bond acceptors (Lipinski definition) is 7. The molecule has 1 fully saturated rings. The molecule has 0 N–H and O–H groups in total. The Balaban J connectivity index is 2.35. The third-order valence-corrected chi connectivity index (χ3v) is 11.1. The van der Waals surface area contributed by atoms with Gasteiger partial charge in [-0.05, 0) is 44.5 Å². The Labute approximate surface area is 211 Å². The minimum absolute atomic E-state index is 0.0362. The first-order valence-corrected chi connectivity index (χ1v) is 16.5. The molecule has 2 rings (SSSR count). The molecule has 3 atom stereocenters. The lowest BCUT2D eigenvalue weighted by molar-refractivity contribution is -0.0464. The minimum atomic E-state index is -3.86. The van der Waals surface area contributed by atoms with Crippen LogP contribution in [0.1, 0.15) is 53.1 Å². The van der Waals surface area contributed by atoms with Crippen LogP contribution in [0.5, 0.6) is 0 Å². The molecule has 0 aliphatic carbocycles. The van der Waals surface area contributed by atoms with Gasteiger partial charge < -0.3 is 13.9 Å². The summed E-state index contributed by atoms with van der Waals surface area (Å²) in [6.45, 7) is 16.5. The van der Waals surface area contributed by atoms with Crippen molar-refractivity contribution in [2.24, 2.45) is 0 Å². The lowest BCUT2D eigenvalue weighted by Crippen LogP contribution is -2.47. The van der Waals surface area contributed by atoms with Crippen molar-refractivity contribution in [2.45, 2.75) is 83.6 Å². The van der Waals surface area contributed by atoms with Gasteiger partial charge >= 0.3 is 6.09 Å². The van der Waals surface area contributed by atoms with Gasteiger partial charge in [0.25, 0.3) is 10.1 Å². The summed E-state index contributed by atoms with van der Waals surface area (Å²) >= 11 is 0. The number of benzene rings is 1. The Hall–Kier alpha value is -1.72. The molecule has 35 heavy (non-hydrogen) atoms. The molecular weight excluding hydrogens is 486 g/mol. The first-order chi connectivity index (χ1) is 15.9. The maximum atomic E-state index is 13.3. The SMILES string of the molecule is CC(C)(C)OC(=O)N1[C@@H]([C@H](/C=C/CO[Si](C)(C)C(C)(C)C)OS(C)(=O)=O)OC[C@H]1c1ccccc1. The summed E-state index contributed by atoms with van der Waals surface area (Å²) in [6, 6.07) is 8.96. The number of carbonyl (C=O) groups excluding carboxylic acids is 1. The fourth-order valence-electron chi connectivity index (χ4n) is 3.30. The van der Waals surface area contributed by atoms with E-state index >= 15 is 0 Å². The van der Waals surface area contributed by atoms with E-state index in [0.717, 1.165) is 11.8 Å². The van der Waals surface area contributed by atoms with E-state index in [1.165, 1.54) is 4.90 Å². The highest BCUT2D eigenvalue weighted by atomic mass is 32.2. The van der Waals surface area contributed by atoms with E-state index in [1.807, 2.05) is 30.3 Å². The van der Waals surface area contributed by atoms with Gasteiger partial charge in [-0.25, -0.2) is 4.79 Å². The quantitative estimate of drug-likeness (QED) is 0.259. The van der Waals surface area contributed by atoms with Gasteiger partial charge in [-0.15, -0.1) is 0 Å². The van der Waals surface area contributed by atoms with Crippen molar-refractivity contribution in [3.8, 4) is 0 Å². The largest absolute Gasteiger partial charge is 0.444 e. The predicted molar refractivity (Wildman–Crippen MR) is 139 cm³/mol. The van der Waals surface area contributed by atoms with Crippen molar-refractivity contribution in [1.29, 1.82) is 0 Å². The monoisotopic (exact) mass is 527 g/mol. The highest BCUT2D eigenvalue weighted by Crippen LogP contribution is 2.37. The second kappa shape index (κ2) is 11.1. The van der Waals surface area contributed by atoms with E-state index in [-0.39, 0.29) is 11.6 Å². The van der Waals surface area contributed by atoms with Gasteiger partial charge in [0.1, 0.15) is 11.7 Å². The molecule has 0 spiro atoms. The second-order valence-corrected chi connectivity index (χ2v) is 17.7. The highest BCUT2D eigenvalue weighted by molar-refractivity contribution is 7.86. The molecule has 1 aliphatic heterocycles. The third-order valence-electron chi connectivity index (χ3n) is 6.06. The zero-order chi connectivity index (χ0) is 26.7. The van der Waals surface area contributed by atoms with Crippen molar-refractivity contribution in [3.05, 3.63) is 48.0 Å². The number of amides is 1. The van der Waals surface area contributed by atoms with E-state index < -0.39 is 48.5 Å². The zero-order valence-corrected chi connectivity index (χ0v) is 24.2. The molecule has 1 aromatic rings. The number of ether oxygens (including phenoxy) is 2. The third kappa shape index (κ3) is 8.71. The van der Waals surface area contributed by atoms with Gasteiger partial charge in [0.05, 0.1) is 25.5 Å². The Morgan fingerprint density at radius 1 is 1.17 bits per heavy atom. The average Bonchev–Trinajstić information content (AvgIpc) is 3.13. The van der Waals surface area contributed by atoms with Gasteiger partial charge in [0, 0.05) is 0 Å². The molecule has 1 heterocycles. The van der Waals surface area contributed by atoms with Crippen LogP contribution in [0.2, 0.25) is 18.1 Å². The smallest absolute Gasteiger partial charge is 0.413 e. The Kier molecular flexibility index (Phi) is 9.38. The Morgan fingerprint density at radius 2 is 1.77 bits per heavy atom. The van der Waals surface area contributed by atoms with Gasteiger partial charge in [0.2, 0.25) is 0 Å². The van der Waals surface area contributed by atoms with Crippen LogP contribution >= 0.6 is 0 Å². The molecule has 0 aromatic heterocycles. The lowest BCUT2D eigenvalue weighted by Gasteiger charge is -2.36. The molecule has 1 amide bonds.